The summed E-state index contributed by atoms with van der Waals surface area (Å²) >= 11 is 1.84. The fourth-order valence-electron chi connectivity index (χ4n) is 3.45. The van der Waals surface area contributed by atoms with Crippen LogP contribution in [0.4, 0.5) is 0 Å². The van der Waals surface area contributed by atoms with Gasteiger partial charge in [0, 0.05) is 43.0 Å². The van der Waals surface area contributed by atoms with E-state index in [0.29, 0.717) is 25.0 Å². The first kappa shape index (κ1) is 25.2. The molecular weight excluding hydrogens is 485 g/mol. The summed E-state index contributed by atoms with van der Waals surface area (Å²) in [5.74, 6) is 1.41. The minimum atomic E-state index is -0.357. The SMILES string of the molecule is CN=C(NCCNC(=O)C(C)(C)C)NCC1CCCN(C)C1c1cccs1.I. The van der Waals surface area contributed by atoms with Crippen molar-refractivity contribution in [1.82, 2.24) is 20.9 Å². The van der Waals surface area contributed by atoms with Crippen molar-refractivity contribution in [2.45, 2.75) is 39.7 Å². The number of amides is 1. The van der Waals surface area contributed by atoms with Crippen molar-refractivity contribution >= 4 is 47.2 Å². The molecule has 1 aliphatic rings. The Bertz CT molecular complexity index is 615. The largest absolute Gasteiger partial charge is 0.356 e. The van der Waals surface area contributed by atoms with Gasteiger partial charge >= 0.3 is 0 Å². The van der Waals surface area contributed by atoms with Crippen molar-refractivity contribution < 1.29 is 4.79 Å². The van der Waals surface area contributed by atoms with Gasteiger partial charge in [-0.05, 0) is 43.8 Å². The third-order valence-electron chi connectivity index (χ3n) is 4.98. The first-order chi connectivity index (χ1) is 12.8. The van der Waals surface area contributed by atoms with Gasteiger partial charge in [-0.2, -0.15) is 0 Å². The number of thiophene rings is 1. The molecule has 2 atom stereocenters. The van der Waals surface area contributed by atoms with Crippen LogP contribution in [0.1, 0.15) is 44.5 Å². The molecule has 1 fully saturated rings. The molecule has 1 amide bonds. The number of nitrogens with one attached hydrogen (secondary N) is 3. The molecule has 2 unspecified atom stereocenters. The number of likely N-dealkylation sites (tertiary alicyclic amines) is 1. The van der Waals surface area contributed by atoms with Gasteiger partial charge in [0.2, 0.25) is 5.91 Å². The van der Waals surface area contributed by atoms with Crippen molar-refractivity contribution in [3.8, 4) is 0 Å². The summed E-state index contributed by atoms with van der Waals surface area (Å²) in [6, 6.07) is 4.85. The zero-order chi connectivity index (χ0) is 19.9. The quantitative estimate of drug-likeness (QED) is 0.233. The second-order valence-corrected chi connectivity index (χ2v) is 9.21. The predicted octanol–water partition coefficient (Wildman–Crippen LogP) is 3.08. The summed E-state index contributed by atoms with van der Waals surface area (Å²) in [6.07, 6.45) is 2.45. The highest BCUT2D eigenvalue weighted by Gasteiger charge is 2.31. The highest BCUT2D eigenvalue weighted by molar-refractivity contribution is 14.0. The number of carbonyl (C=O) groups is 1. The summed E-state index contributed by atoms with van der Waals surface area (Å²) in [5, 5.41) is 11.9. The Morgan fingerprint density at radius 3 is 2.61 bits per heavy atom. The van der Waals surface area contributed by atoms with Gasteiger partial charge in [0.15, 0.2) is 5.96 Å². The minimum Gasteiger partial charge on any atom is -0.356 e. The van der Waals surface area contributed by atoms with Gasteiger partial charge in [0.05, 0.1) is 0 Å². The maximum atomic E-state index is 11.9. The average Bonchev–Trinajstić information content (AvgIpc) is 3.14. The fourth-order valence-corrected chi connectivity index (χ4v) is 4.44. The third-order valence-corrected chi connectivity index (χ3v) is 5.92. The van der Waals surface area contributed by atoms with Gasteiger partial charge in [-0.3, -0.25) is 14.7 Å². The van der Waals surface area contributed by atoms with E-state index in [-0.39, 0.29) is 35.3 Å². The zero-order valence-corrected chi connectivity index (χ0v) is 20.9. The van der Waals surface area contributed by atoms with Gasteiger partial charge in [0.25, 0.3) is 0 Å². The Morgan fingerprint density at radius 2 is 2.00 bits per heavy atom. The summed E-state index contributed by atoms with van der Waals surface area (Å²) in [6.45, 7) is 9.03. The van der Waals surface area contributed by atoms with Gasteiger partial charge in [-0.1, -0.05) is 26.8 Å². The standard InChI is InChI=1S/C20H35N5OS.HI/c1-20(2,3)18(26)22-10-11-23-19(21-4)24-14-15-8-6-12-25(5)17(15)16-9-7-13-27-16;/h7,9,13,15,17H,6,8,10-12,14H2,1-5H3,(H,22,26)(H2,21,23,24);1H. The third kappa shape index (κ3) is 7.51. The predicted molar refractivity (Wildman–Crippen MR) is 130 cm³/mol. The molecule has 1 saturated heterocycles. The molecule has 0 spiro atoms. The molecule has 0 radical (unpaired) electrons. The van der Waals surface area contributed by atoms with Crippen LogP contribution in [-0.4, -0.2) is 57.0 Å². The molecule has 6 nitrogen and oxygen atoms in total. The normalized spacial score (nSPS) is 21.0. The number of piperidine rings is 1. The molecule has 0 aromatic carbocycles. The molecule has 1 aliphatic heterocycles. The number of halogens is 1. The summed E-state index contributed by atoms with van der Waals surface area (Å²) in [7, 11) is 4.01. The van der Waals surface area contributed by atoms with Crippen LogP contribution >= 0.6 is 35.3 Å². The number of guanidine groups is 1. The molecule has 0 bridgehead atoms. The maximum absolute atomic E-state index is 11.9. The molecule has 2 heterocycles. The smallest absolute Gasteiger partial charge is 0.225 e. The van der Waals surface area contributed by atoms with Crippen LogP contribution in [0.25, 0.3) is 0 Å². The van der Waals surface area contributed by atoms with Crippen molar-refractivity contribution in [3.05, 3.63) is 22.4 Å². The average molecular weight is 522 g/mol. The van der Waals surface area contributed by atoms with Crippen LogP contribution in [0.3, 0.4) is 0 Å². The van der Waals surface area contributed by atoms with E-state index in [9.17, 15) is 4.79 Å². The molecule has 8 heteroatoms. The lowest BCUT2D eigenvalue weighted by atomic mass is 9.88. The summed E-state index contributed by atoms with van der Waals surface area (Å²) in [4.78, 5) is 20.1. The number of hydrogen-bond acceptors (Lipinski definition) is 4. The second-order valence-electron chi connectivity index (χ2n) is 8.23. The Balaban J connectivity index is 0.00000392. The van der Waals surface area contributed by atoms with Crippen LogP contribution < -0.4 is 16.0 Å². The Kier molecular flexibility index (Phi) is 10.8. The highest BCUT2D eigenvalue weighted by Crippen LogP contribution is 2.36. The number of hydrogen-bond donors (Lipinski definition) is 3. The zero-order valence-electron chi connectivity index (χ0n) is 17.7. The molecule has 2 rings (SSSR count). The van der Waals surface area contributed by atoms with Crippen LogP contribution in [0.15, 0.2) is 22.5 Å². The fraction of sp³-hybridized carbons (Fsp3) is 0.700. The second kappa shape index (κ2) is 12.0. The number of carbonyl (C=O) groups excluding carboxylic acids is 1. The van der Waals surface area contributed by atoms with E-state index in [0.717, 1.165) is 19.0 Å². The van der Waals surface area contributed by atoms with Crippen LogP contribution in [0.2, 0.25) is 0 Å². The topological polar surface area (TPSA) is 68.8 Å². The number of aliphatic imine (C=N–C) groups is 1. The van der Waals surface area contributed by atoms with Crippen LogP contribution in [-0.2, 0) is 4.79 Å². The van der Waals surface area contributed by atoms with E-state index in [4.69, 9.17) is 0 Å². The summed E-state index contributed by atoms with van der Waals surface area (Å²) in [5.41, 5.74) is -0.357. The highest BCUT2D eigenvalue weighted by atomic mass is 127. The lowest BCUT2D eigenvalue weighted by molar-refractivity contribution is -0.128. The van der Waals surface area contributed by atoms with E-state index in [1.54, 1.807) is 7.05 Å². The molecular formula is C20H36IN5OS. The molecule has 160 valence electrons. The van der Waals surface area contributed by atoms with E-state index >= 15 is 0 Å². The first-order valence-electron chi connectivity index (χ1n) is 9.79. The van der Waals surface area contributed by atoms with Gasteiger partial charge < -0.3 is 16.0 Å². The van der Waals surface area contributed by atoms with Crippen molar-refractivity contribution in [1.29, 1.82) is 0 Å². The Morgan fingerprint density at radius 1 is 1.29 bits per heavy atom. The number of rotatable bonds is 6. The van der Waals surface area contributed by atoms with Gasteiger partial charge in [-0.15, -0.1) is 35.3 Å². The molecule has 1 aromatic heterocycles. The summed E-state index contributed by atoms with van der Waals surface area (Å²) < 4.78 is 0. The van der Waals surface area contributed by atoms with Crippen molar-refractivity contribution in [2.75, 3.05) is 40.3 Å². The lowest BCUT2D eigenvalue weighted by Crippen LogP contribution is -2.46. The van der Waals surface area contributed by atoms with Crippen molar-refractivity contribution in [2.24, 2.45) is 16.3 Å². The monoisotopic (exact) mass is 521 g/mol. The lowest BCUT2D eigenvalue weighted by Gasteiger charge is -2.39. The van der Waals surface area contributed by atoms with Crippen LogP contribution in [0, 0.1) is 11.3 Å². The first-order valence-corrected chi connectivity index (χ1v) is 10.7. The Labute approximate surface area is 191 Å². The van der Waals surface area contributed by atoms with E-state index in [2.05, 4.69) is 50.4 Å². The van der Waals surface area contributed by atoms with Crippen LogP contribution in [0.5, 0.6) is 0 Å². The Hall–Kier alpha value is -0.870. The van der Waals surface area contributed by atoms with Gasteiger partial charge in [-0.25, -0.2) is 0 Å². The van der Waals surface area contributed by atoms with E-state index in [1.807, 2.05) is 32.1 Å². The number of nitrogens with zero attached hydrogens (tertiary/aromatic N) is 2. The van der Waals surface area contributed by atoms with Gasteiger partial charge in [0.1, 0.15) is 0 Å². The minimum absolute atomic E-state index is 0. The molecule has 0 saturated carbocycles. The molecule has 0 aliphatic carbocycles. The maximum Gasteiger partial charge on any atom is 0.225 e. The molecule has 3 N–H and O–H groups in total. The molecule has 1 aromatic rings. The molecule has 28 heavy (non-hydrogen) atoms. The van der Waals surface area contributed by atoms with Crippen molar-refractivity contribution in [3.63, 3.8) is 0 Å². The van der Waals surface area contributed by atoms with E-state index in [1.165, 1.54) is 17.7 Å². The van der Waals surface area contributed by atoms with E-state index < -0.39 is 0 Å².